The summed E-state index contributed by atoms with van der Waals surface area (Å²) in [5, 5.41) is 2.81. The van der Waals surface area contributed by atoms with Gasteiger partial charge in [-0.3, -0.25) is 4.79 Å². The Morgan fingerprint density at radius 3 is 1.53 bits per heavy atom. The number of rotatable bonds is 4. The largest absolute Gasteiger partial charge is 0.368 e. The SMILES string of the molecule is O=C(CNC(=O)N1CCN(c2ccccc2)CC1)N1CCN(c2ccccc2)CC1. The van der Waals surface area contributed by atoms with Gasteiger partial charge in [0, 0.05) is 63.7 Å². The zero-order valence-electron chi connectivity index (χ0n) is 17.2. The summed E-state index contributed by atoms with van der Waals surface area (Å²) in [5.41, 5.74) is 2.37. The van der Waals surface area contributed by atoms with Crippen molar-refractivity contribution in [2.45, 2.75) is 0 Å². The first kappa shape index (κ1) is 20.1. The summed E-state index contributed by atoms with van der Waals surface area (Å²) in [5.74, 6) is -0.0148. The highest BCUT2D eigenvalue weighted by atomic mass is 16.2. The molecular weight excluding hydrogens is 378 g/mol. The molecule has 30 heavy (non-hydrogen) atoms. The number of amides is 3. The molecule has 158 valence electrons. The molecule has 2 aromatic rings. The molecule has 1 N–H and O–H groups in total. The van der Waals surface area contributed by atoms with Gasteiger partial charge in [-0.15, -0.1) is 0 Å². The van der Waals surface area contributed by atoms with Gasteiger partial charge < -0.3 is 24.9 Å². The minimum Gasteiger partial charge on any atom is -0.368 e. The van der Waals surface area contributed by atoms with Crippen LogP contribution in [0.2, 0.25) is 0 Å². The zero-order valence-corrected chi connectivity index (χ0v) is 17.2. The molecule has 0 bridgehead atoms. The number of nitrogens with zero attached hydrogens (tertiary/aromatic N) is 4. The zero-order chi connectivity index (χ0) is 20.8. The number of piperazine rings is 2. The van der Waals surface area contributed by atoms with Crippen molar-refractivity contribution in [2.75, 3.05) is 68.7 Å². The molecular formula is C23H29N5O2. The summed E-state index contributed by atoms with van der Waals surface area (Å²) in [7, 11) is 0. The van der Waals surface area contributed by atoms with Gasteiger partial charge in [-0.2, -0.15) is 0 Å². The Bertz CT molecular complexity index is 758. The molecule has 2 aliphatic rings. The van der Waals surface area contributed by atoms with Crippen LogP contribution in [-0.4, -0.2) is 80.6 Å². The summed E-state index contributed by atoms with van der Waals surface area (Å²) >= 11 is 0. The van der Waals surface area contributed by atoms with E-state index in [1.807, 2.05) is 41.3 Å². The second-order valence-corrected chi connectivity index (χ2v) is 7.67. The maximum atomic E-state index is 12.5. The van der Waals surface area contributed by atoms with Gasteiger partial charge in [0.15, 0.2) is 0 Å². The smallest absolute Gasteiger partial charge is 0.317 e. The van der Waals surface area contributed by atoms with Crippen LogP contribution in [0, 0.1) is 0 Å². The molecule has 2 aromatic carbocycles. The minimum absolute atomic E-state index is 0.0148. The molecule has 7 heteroatoms. The van der Waals surface area contributed by atoms with Gasteiger partial charge in [0.25, 0.3) is 0 Å². The number of hydrogen-bond donors (Lipinski definition) is 1. The normalized spacial score (nSPS) is 17.1. The Kier molecular flexibility index (Phi) is 6.37. The van der Waals surface area contributed by atoms with Gasteiger partial charge in [0.2, 0.25) is 5.91 Å². The predicted octanol–water partition coefficient (Wildman–Crippen LogP) is 1.87. The summed E-state index contributed by atoms with van der Waals surface area (Å²) in [6.07, 6.45) is 0. The lowest BCUT2D eigenvalue weighted by Crippen LogP contribution is -2.54. The van der Waals surface area contributed by atoms with Crippen molar-refractivity contribution in [3.05, 3.63) is 60.7 Å². The van der Waals surface area contributed by atoms with Crippen LogP contribution in [0.5, 0.6) is 0 Å². The van der Waals surface area contributed by atoms with Gasteiger partial charge in [-0.1, -0.05) is 36.4 Å². The van der Waals surface area contributed by atoms with E-state index in [1.165, 1.54) is 11.4 Å². The first-order chi connectivity index (χ1) is 14.7. The van der Waals surface area contributed by atoms with E-state index < -0.39 is 0 Å². The van der Waals surface area contributed by atoms with Crippen LogP contribution >= 0.6 is 0 Å². The first-order valence-electron chi connectivity index (χ1n) is 10.6. The van der Waals surface area contributed by atoms with Crippen molar-refractivity contribution in [1.29, 1.82) is 0 Å². The molecule has 3 amide bonds. The number of carbonyl (C=O) groups excluding carboxylic acids is 2. The van der Waals surface area contributed by atoms with Gasteiger partial charge in [-0.05, 0) is 24.3 Å². The van der Waals surface area contributed by atoms with Gasteiger partial charge in [0.05, 0.1) is 6.54 Å². The van der Waals surface area contributed by atoms with Crippen molar-refractivity contribution >= 4 is 23.3 Å². The van der Waals surface area contributed by atoms with Crippen LogP contribution in [0.15, 0.2) is 60.7 Å². The van der Waals surface area contributed by atoms with Crippen molar-refractivity contribution in [3.63, 3.8) is 0 Å². The average Bonchev–Trinajstić information content (AvgIpc) is 2.83. The molecule has 0 saturated carbocycles. The molecule has 0 aromatic heterocycles. The highest BCUT2D eigenvalue weighted by Crippen LogP contribution is 2.16. The molecule has 0 aliphatic carbocycles. The summed E-state index contributed by atoms with van der Waals surface area (Å²) in [6.45, 7) is 5.95. The van der Waals surface area contributed by atoms with Crippen molar-refractivity contribution in [3.8, 4) is 0 Å². The molecule has 0 unspecified atom stereocenters. The fourth-order valence-corrected chi connectivity index (χ4v) is 4.03. The Hall–Kier alpha value is -3.22. The van der Waals surface area contributed by atoms with E-state index in [-0.39, 0.29) is 18.5 Å². The molecule has 2 heterocycles. The quantitative estimate of drug-likeness (QED) is 0.841. The Morgan fingerprint density at radius 1 is 0.633 bits per heavy atom. The maximum absolute atomic E-state index is 12.5. The first-order valence-corrected chi connectivity index (χ1v) is 10.6. The van der Waals surface area contributed by atoms with E-state index in [4.69, 9.17) is 0 Å². The van der Waals surface area contributed by atoms with Gasteiger partial charge in [-0.25, -0.2) is 4.79 Å². The Morgan fingerprint density at radius 2 is 1.07 bits per heavy atom. The lowest BCUT2D eigenvalue weighted by molar-refractivity contribution is -0.130. The number of para-hydroxylation sites is 2. The molecule has 2 saturated heterocycles. The molecule has 2 fully saturated rings. The number of hydrogen-bond acceptors (Lipinski definition) is 4. The number of anilines is 2. The van der Waals surface area contributed by atoms with E-state index in [9.17, 15) is 9.59 Å². The number of nitrogens with one attached hydrogen (secondary N) is 1. The fraction of sp³-hybridized carbons (Fsp3) is 0.391. The van der Waals surface area contributed by atoms with Crippen LogP contribution in [0.1, 0.15) is 0 Å². The Balaban J connectivity index is 1.18. The van der Waals surface area contributed by atoms with E-state index in [0.717, 1.165) is 26.2 Å². The fourth-order valence-electron chi connectivity index (χ4n) is 4.03. The number of urea groups is 1. The second-order valence-electron chi connectivity index (χ2n) is 7.67. The van der Waals surface area contributed by atoms with E-state index >= 15 is 0 Å². The van der Waals surface area contributed by atoms with Crippen molar-refractivity contribution in [1.82, 2.24) is 15.1 Å². The summed E-state index contributed by atoms with van der Waals surface area (Å²) in [4.78, 5) is 33.2. The van der Waals surface area contributed by atoms with Crippen LogP contribution < -0.4 is 15.1 Å². The monoisotopic (exact) mass is 407 g/mol. The highest BCUT2D eigenvalue weighted by molar-refractivity contribution is 5.84. The average molecular weight is 408 g/mol. The summed E-state index contributed by atoms with van der Waals surface area (Å²) in [6, 6.07) is 20.3. The lowest BCUT2D eigenvalue weighted by Gasteiger charge is -2.37. The van der Waals surface area contributed by atoms with E-state index in [0.29, 0.717) is 26.2 Å². The van der Waals surface area contributed by atoms with Crippen LogP contribution in [0.4, 0.5) is 16.2 Å². The van der Waals surface area contributed by atoms with Gasteiger partial charge >= 0.3 is 6.03 Å². The summed E-state index contributed by atoms with van der Waals surface area (Å²) < 4.78 is 0. The molecule has 2 aliphatic heterocycles. The van der Waals surface area contributed by atoms with Crippen LogP contribution in [0.25, 0.3) is 0 Å². The second kappa shape index (κ2) is 9.52. The molecule has 0 atom stereocenters. The molecule has 0 spiro atoms. The molecule has 4 rings (SSSR count). The van der Waals surface area contributed by atoms with E-state index in [2.05, 4.69) is 39.4 Å². The third-order valence-corrected chi connectivity index (χ3v) is 5.83. The van der Waals surface area contributed by atoms with Gasteiger partial charge in [0.1, 0.15) is 0 Å². The third-order valence-electron chi connectivity index (χ3n) is 5.83. The highest BCUT2D eigenvalue weighted by Gasteiger charge is 2.24. The van der Waals surface area contributed by atoms with Crippen LogP contribution in [0.3, 0.4) is 0 Å². The Labute approximate surface area is 177 Å². The minimum atomic E-state index is -0.154. The number of benzene rings is 2. The molecule has 7 nitrogen and oxygen atoms in total. The van der Waals surface area contributed by atoms with Crippen molar-refractivity contribution in [2.24, 2.45) is 0 Å². The predicted molar refractivity (Wildman–Crippen MR) is 119 cm³/mol. The molecule has 0 radical (unpaired) electrons. The third kappa shape index (κ3) is 4.84. The lowest BCUT2D eigenvalue weighted by atomic mass is 10.2. The topological polar surface area (TPSA) is 59.1 Å². The maximum Gasteiger partial charge on any atom is 0.317 e. The number of carbonyl (C=O) groups is 2. The van der Waals surface area contributed by atoms with E-state index in [1.54, 1.807) is 4.90 Å². The van der Waals surface area contributed by atoms with Crippen molar-refractivity contribution < 1.29 is 9.59 Å². The standard InChI is InChI=1S/C23H29N5O2/c29-22(27-15-11-25(12-16-27)20-7-3-1-4-8-20)19-24-23(30)28-17-13-26(14-18-28)21-9-5-2-6-10-21/h1-10H,11-19H2,(H,24,30). The van der Waals surface area contributed by atoms with Crippen LogP contribution in [-0.2, 0) is 4.79 Å².